The van der Waals surface area contributed by atoms with Crippen LogP contribution in [-0.2, 0) is 4.79 Å². The standard InChI is InChI=1S/C10H22N4O/c1-4-8(15)10(2,13-3)6-5-7-14-9(11)12/h13H,4-7H2,1-3H3,(H4,11,12,14). The summed E-state index contributed by atoms with van der Waals surface area (Å²) in [7, 11) is 1.80. The van der Waals surface area contributed by atoms with Crippen molar-refractivity contribution in [1.29, 1.82) is 0 Å². The molecule has 88 valence electrons. The molecule has 0 aliphatic carbocycles. The molecule has 5 nitrogen and oxygen atoms in total. The Morgan fingerprint density at radius 1 is 1.47 bits per heavy atom. The highest BCUT2D eigenvalue weighted by atomic mass is 16.1. The van der Waals surface area contributed by atoms with E-state index in [0.29, 0.717) is 13.0 Å². The minimum atomic E-state index is -0.451. The molecule has 0 aromatic carbocycles. The molecule has 0 radical (unpaired) electrons. The van der Waals surface area contributed by atoms with Crippen LogP contribution >= 0.6 is 0 Å². The number of carbonyl (C=O) groups is 1. The van der Waals surface area contributed by atoms with Crippen molar-refractivity contribution in [1.82, 2.24) is 5.32 Å². The molecule has 0 aromatic rings. The maximum atomic E-state index is 11.6. The molecule has 0 rings (SSSR count). The Kier molecular flexibility index (Phi) is 5.93. The first-order valence-electron chi connectivity index (χ1n) is 5.24. The fraction of sp³-hybridized carbons (Fsp3) is 0.800. The fourth-order valence-corrected chi connectivity index (χ4v) is 1.43. The number of hydrogen-bond donors (Lipinski definition) is 3. The molecule has 0 spiro atoms. The lowest BCUT2D eigenvalue weighted by atomic mass is 9.89. The Balaban J connectivity index is 4.10. The third kappa shape index (κ3) is 4.78. The monoisotopic (exact) mass is 214 g/mol. The summed E-state index contributed by atoms with van der Waals surface area (Å²) in [5, 5.41) is 3.06. The summed E-state index contributed by atoms with van der Waals surface area (Å²) in [5.41, 5.74) is 9.96. The quantitative estimate of drug-likeness (QED) is 0.316. The second-order valence-corrected chi connectivity index (χ2v) is 3.77. The molecule has 0 aliphatic rings. The molecule has 0 aliphatic heterocycles. The average molecular weight is 214 g/mol. The highest BCUT2D eigenvalue weighted by molar-refractivity contribution is 5.87. The first kappa shape index (κ1) is 13.9. The van der Waals surface area contributed by atoms with E-state index in [1.807, 2.05) is 13.8 Å². The lowest BCUT2D eigenvalue weighted by molar-refractivity contribution is -0.124. The molecule has 0 fully saturated rings. The predicted molar refractivity (Wildman–Crippen MR) is 62.7 cm³/mol. The van der Waals surface area contributed by atoms with Crippen molar-refractivity contribution < 1.29 is 4.79 Å². The molecular weight excluding hydrogens is 192 g/mol. The molecule has 0 saturated carbocycles. The lowest BCUT2D eigenvalue weighted by Gasteiger charge is -2.27. The van der Waals surface area contributed by atoms with Gasteiger partial charge in [0.15, 0.2) is 11.7 Å². The highest BCUT2D eigenvalue weighted by Crippen LogP contribution is 2.14. The van der Waals surface area contributed by atoms with E-state index >= 15 is 0 Å². The van der Waals surface area contributed by atoms with Gasteiger partial charge < -0.3 is 16.8 Å². The molecule has 1 unspecified atom stereocenters. The number of nitrogens with one attached hydrogen (secondary N) is 1. The smallest absolute Gasteiger partial charge is 0.185 e. The van der Waals surface area contributed by atoms with E-state index in [9.17, 15) is 4.79 Å². The summed E-state index contributed by atoms with van der Waals surface area (Å²) in [5.74, 6) is 0.317. The van der Waals surface area contributed by atoms with Crippen molar-refractivity contribution in [2.45, 2.75) is 38.6 Å². The van der Waals surface area contributed by atoms with E-state index in [2.05, 4.69) is 10.3 Å². The van der Waals surface area contributed by atoms with Gasteiger partial charge in [-0.15, -0.1) is 0 Å². The van der Waals surface area contributed by atoms with Gasteiger partial charge in [-0.2, -0.15) is 0 Å². The van der Waals surface area contributed by atoms with Crippen molar-refractivity contribution >= 4 is 11.7 Å². The molecule has 5 heteroatoms. The van der Waals surface area contributed by atoms with Crippen molar-refractivity contribution in [3.05, 3.63) is 0 Å². The minimum Gasteiger partial charge on any atom is -0.370 e. The number of Topliss-reactive ketones (excluding diaryl/α,β-unsaturated/α-hetero) is 1. The topological polar surface area (TPSA) is 93.5 Å². The zero-order valence-corrected chi connectivity index (χ0v) is 9.84. The van der Waals surface area contributed by atoms with Gasteiger partial charge >= 0.3 is 0 Å². The first-order chi connectivity index (χ1) is 6.96. The van der Waals surface area contributed by atoms with Gasteiger partial charge in [0.25, 0.3) is 0 Å². The van der Waals surface area contributed by atoms with Gasteiger partial charge in [-0.1, -0.05) is 6.92 Å². The fourth-order valence-electron chi connectivity index (χ4n) is 1.43. The Morgan fingerprint density at radius 3 is 2.47 bits per heavy atom. The molecule has 1 atom stereocenters. The van der Waals surface area contributed by atoms with Crippen molar-refractivity contribution in [2.24, 2.45) is 16.5 Å². The van der Waals surface area contributed by atoms with Crippen LogP contribution in [0.25, 0.3) is 0 Å². The van der Waals surface area contributed by atoms with Crippen LogP contribution in [0.4, 0.5) is 0 Å². The van der Waals surface area contributed by atoms with Crippen molar-refractivity contribution in [3.8, 4) is 0 Å². The molecule has 0 saturated heterocycles. The summed E-state index contributed by atoms with van der Waals surface area (Å²) < 4.78 is 0. The first-order valence-corrected chi connectivity index (χ1v) is 5.24. The van der Waals surface area contributed by atoms with Gasteiger partial charge in [-0.25, -0.2) is 0 Å². The van der Waals surface area contributed by atoms with Crippen molar-refractivity contribution in [3.63, 3.8) is 0 Å². The van der Waals surface area contributed by atoms with Gasteiger partial charge in [0.1, 0.15) is 0 Å². The zero-order valence-electron chi connectivity index (χ0n) is 9.84. The van der Waals surface area contributed by atoms with E-state index in [1.165, 1.54) is 0 Å². The molecule has 0 bridgehead atoms. The molecule has 5 N–H and O–H groups in total. The summed E-state index contributed by atoms with van der Waals surface area (Å²) in [6.07, 6.45) is 2.08. The summed E-state index contributed by atoms with van der Waals surface area (Å²) in [6, 6.07) is 0. The number of carbonyl (C=O) groups excluding carboxylic acids is 1. The number of hydrogen-bond acceptors (Lipinski definition) is 3. The van der Waals surface area contributed by atoms with Crippen LogP contribution in [0, 0.1) is 0 Å². The largest absolute Gasteiger partial charge is 0.370 e. The number of guanidine groups is 1. The highest BCUT2D eigenvalue weighted by Gasteiger charge is 2.28. The van der Waals surface area contributed by atoms with Gasteiger partial charge in [0, 0.05) is 13.0 Å². The maximum absolute atomic E-state index is 11.6. The number of nitrogens with two attached hydrogens (primary N) is 2. The second-order valence-electron chi connectivity index (χ2n) is 3.77. The SMILES string of the molecule is CCC(=O)C(C)(CCCN=C(N)N)NC. The third-order valence-corrected chi connectivity index (χ3v) is 2.62. The van der Waals surface area contributed by atoms with Crippen LogP contribution in [0.15, 0.2) is 4.99 Å². The normalized spacial score (nSPS) is 14.3. The molecular formula is C10H22N4O. The number of aliphatic imine (C=N–C) groups is 1. The summed E-state index contributed by atoms with van der Waals surface area (Å²) in [4.78, 5) is 15.5. The molecule has 0 amide bonds. The van der Waals surface area contributed by atoms with E-state index in [-0.39, 0.29) is 11.7 Å². The lowest BCUT2D eigenvalue weighted by Crippen LogP contribution is -2.47. The molecule has 0 aromatic heterocycles. The van der Waals surface area contributed by atoms with E-state index in [4.69, 9.17) is 11.5 Å². The van der Waals surface area contributed by atoms with Crippen LogP contribution in [0.1, 0.15) is 33.1 Å². The zero-order chi connectivity index (χ0) is 11.9. The van der Waals surface area contributed by atoms with Crippen LogP contribution in [0.3, 0.4) is 0 Å². The van der Waals surface area contributed by atoms with Crippen molar-refractivity contribution in [2.75, 3.05) is 13.6 Å². The third-order valence-electron chi connectivity index (χ3n) is 2.62. The van der Waals surface area contributed by atoms with Gasteiger partial charge in [-0.05, 0) is 26.8 Å². The van der Waals surface area contributed by atoms with E-state index < -0.39 is 5.54 Å². The molecule has 0 heterocycles. The van der Waals surface area contributed by atoms with Gasteiger partial charge in [0.2, 0.25) is 0 Å². The summed E-state index contributed by atoms with van der Waals surface area (Å²) >= 11 is 0. The Morgan fingerprint density at radius 2 is 2.07 bits per heavy atom. The minimum absolute atomic E-state index is 0.1000. The van der Waals surface area contributed by atoms with Crippen LogP contribution in [0.2, 0.25) is 0 Å². The predicted octanol–water partition coefficient (Wildman–Crippen LogP) is -0.00280. The maximum Gasteiger partial charge on any atom is 0.185 e. The molecule has 15 heavy (non-hydrogen) atoms. The number of nitrogens with zero attached hydrogens (tertiary/aromatic N) is 1. The van der Waals surface area contributed by atoms with Gasteiger partial charge in [0.05, 0.1) is 5.54 Å². The Bertz CT molecular complexity index is 236. The number of ketones is 1. The van der Waals surface area contributed by atoms with E-state index in [0.717, 1.165) is 12.8 Å². The van der Waals surface area contributed by atoms with Gasteiger partial charge in [-0.3, -0.25) is 9.79 Å². The average Bonchev–Trinajstić information content (AvgIpc) is 2.22. The number of rotatable bonds is 7. The van der Waals surface area contributed by atoms with E-state index in [1.54, 1.807) is 7.05 Å². The Hall–Kier alpha value is -1.10. The summed E-state index contributed by atoms with van der Waals surface area (Å²) in [6.45, 7) is 4.35. The van der Waals surface area contributed by atoms with Crippen LogP contribution in [-0.4, -0.2) is 30.9 Å². The number of likely N-dealkylation sites (N-methyl/N-ethyl adjacent to an activating group) is 1. The Labute approximate surface area is 91.3 Å². The van der Waals surface area contributed by atoms with Crippen LogP contribution < -0.4 is 16.8 Å². The van der Waals surface area contributed by atoms with Crippen LogP contribution in [0.5, 0.6) is 0 Å². The second kappa shape index (κ2) is 6.40.